The molecule has 1 aromatic heterocycles. The molecule has 0 amide bonds. The van der Waals surface area contributed by atoms with Gasteiger partial charge >= 0.3 is 0 Å². The van der Waals surface area contributed by atoms with Crippen molar-refractivity contribution in [1.29, 1.82) is 0 Å². The van der Waals surface area contributed by atoms with Crippen molar-refractivity contribution < 1.29 is 9.18 Å². The number of ketones is 1. The molecule has 0 unspecified atom stereocenters. The van der Waals surface area contributed by atoms with E-state index in [2.05, 4.69) is 5.10 Å². The van der Waals surface area contributed by atoms with Crippen LogP contribution in [0.3, 0.4) is 0 Å². The summed E-state index contributed by atoms with van der Waals surface area (Å²) in [5, 5.41) is 4.20. The van der Waals surface area contributed by atoms with Gasteiger partial charge in [-0.15, -0.1) is 0 Å². The lowest BCUT2D eigenvalue weighted by atomic mass is 10.1. The Kier molecular flexibility index (Phi) is 3.60. The van der Waals surface area contributed by atoms with Crippen molar-refractivity contribution in [2.24, 2.45) is 0 Å². The Morgan fingerprint density at radius 3 is 2.43 bits per heavy atom. The van der Waals surface area contributed by atoms with Crippen LogP contribution in [-0.4, -0.2) is 15.6 Å². The highest BCUT2D eigenvalue weighted by Crippen LogP contribution is 2.13. The number of rotatable bonds is 4. The van der Waals surface area contributed by atoms with Crippen LogP contribution in [0, 0.1) is 5.82 Å². The number of carbonyl (C=O) groups is 1. The molecule has 0 aliphatic carbocycles. The lowest BCUT2D eigenvalue weighted by Gasteiger charge is -2.06. The molecule has 4 heteroatoms. The molecule has 1 heterocycles. The summed E-state index contributed by atoms with van der Waals surface area (Å²) in [6.07, 6.45) is 1.82. The van der Waals surface area contributed by atoms with E-state index in [1.54, 1.807) is 29.1 Å². The fourth-order valence-corrected chi connectivity index (χ4v) is 2.17. The number of hydrogen-bond acceptors (Lipinski definition) is 2. The first-order valence-corrected chi connectivity index (χ1v) is 6.61. The smallest absolute Gasteiger partial charge is 0.185 e. The molecule has 0 atom stereocenters. The Bertz CT molecular complexity index is 748. The summed E-state index contributed by atoms with van der Waals surface area (Å²) in [7, 11) is 0. The molecular weight excluding hydrogens is 267 g/mol. The predicted molar refractivity (Wildman–Crippen MR) is 78.0 cm³/mol. The van der Waals surface area contributed by atoms with Gasteiger partial charge < -0.3 is 0 Å². The minimum atomic E-state index is -0.305. The number of nitrogens with zero attached hydrogens (tertiary/aromatic N) is 2. The Labute approximate surface area is 121 Å². The van der Waals surface area contributed by atoms with E-state index in [4.69, 9.17) is 0 Å². The summed E-state index contributed by atoms with van der Waals surface area (Å²) in [6, 6.07) is 17.1. The normalized spacial score (nSPS) is 10.5. The van der Waals surface area contributed by atoms with Crippen molar-refractivity contribution in [3.63, 3.8) is 0 Å². The van der Waals surface area contributed by atoms with Crippen LogP contribution in [-0.2, 0) is 6.42 Å². The largest absolute Gasteiger partial charge is 0.292 e. The summed E-state index contributed by atoms with van der Waals surface area (Å²) in [5.74, 6) is -0.358. The zero-order valence-corrected chi connectivity index (χ0v) is 11.2. The Hall–Kier alpha value is -2.75. The van der Waals surface area contributed by atoms with Crippen LogP contribution < -0.4 is 0 Å². The maximum absolute atomic E-state index is 12.9. The molecular formula is C17H13FN2O. The molecule has 0 aliphatic heterocycles. The molecule has 0 saturated heterocycles. The maximum Gasteiger partial charge on any atom is 0.185 e. The van der Waals surface area contributed by atoms with Crippen molar-refractivity contribution in [1.82, 2.24) is 9.78 Å². The van der Waals surface area contributed by atoms with E-state index in [1.165, 1.54) is 12.1 Å². The van der Waals surface area contributed by atoms with Crippen LogP contribution in [0.4, 0.5) is 4.39 Å². The van der Waals surface area contributed by atoms with Crippen LogP contribution >= 0.6 is 0 Å². The third-order valence-corrected chi connectivity index (χ3v) is 3.21. The van der Waals surface area contributed by atoms with Crippen LogP contribution in [0.25, 0.3) is 5.69 Å². The van der Waals surface area contributed by atoms with Gasteiger partial charge in [-0.1, -0.05) is 30.3 Å². The molecule has 0 radical (unpaired) electrons. The SMILES string of the molecule is O=C(Cc1ccc(F)cc1)c1ccnn1-c1ccccc1. The molecule has 0 N–H and O–H groups in total. The second-order valence-electron chi connectivity index (χ2n) is 4.69. The van der Waals surface area contributed by atoms with Crippen molar-refractivity contribution in [2.75, 3.05) is 0 Å². The molecule has 21 heavy (non-hydrogen) atoms. The number of aromatic nitrogens is 2. The number of para-hydroxylation sites is 1. The van der Waals surface area contributed by atoms with Gasteiger partial charge in [0.25, 0.3) is 0 Å². The minimum absolute atomic E-state index is 0.0528. The van der Waals surface area contributed by atoms with Gasteiger partial charge in [0.2, 0.25) is 0 Å². The van der Waals surface area contributed by atoms with Gasteiger partial charge in [0.1, 0.15) is 11.5 Å². The van der Waals surface area contributed by atoms with Crippen molar-refractivity contribution in [3.05, 3.63) is 83.9 Å². The van der Waals surface area contributed by atoms with Crippen LogP contribution in [0.15, 0.2) is 66.9 Å². The highest BCUT2D eigenvalue weighted by atomic mass is 19.1. The van der Waals surface area contributed by atoms with Crippen molar-refractivity contribution >= 4 is 5.78 Å². The first-order chi connectivity index (χ1) is 10.2. The second kappa shape index (κ2) is 5.71. The third-order valence-electron chi connectivity index (χ3n) is 3.21. The molecule has 0 fully saturated rings. The number of Topliss-reactive ketones (excluding diaryl/α,β-unsaturated/α-hetero) is 1. The van der Waals surface area contributed by atoms with E-state index in [1.807, 2.05) is 30.3 Å². The van der Waals surface area contributed by atoms with Crippen molar-refractivity contribution in [2.45, 2.75) is 6.42 Å². The fraction of sp³-hybridized carbons (Fsp3) is 0.0588. The predicted octanol–water partition coefficient (Wildman–Crippen LogP) is 3.44. The third kappa shape index (κ3) is 2.89. The number of hydrogen-bond donors (Lipinski definition) is 0. The van der Waals surface area contributed by atoms with Gasteiger partial charge in [0, 0.05) is 6.42 Å². The van der Waals surface area contributed by atoms with E-state index < -0.39 is 0 Å². The summed E-state index contributed by atoms with van der Waals surface area (Å²) in [6.45, 7) is 0. The maximum atomic E-state index is 12.9. The Balaban J connectivity index is 1.86. The zero-order valence-electron chi connectivity index (χ0n) is 11.2. The van der Waals surface area contributed by atoms with E-state index in [9.17, 15) is 9.18 Å². The van der Waals surface area contributed by atoms with Crippen molar-refractivity contribution in [3.8, 4) is 5.69 Å². The second-order valence-corrected chi connectivity index (χ2v) is 4.69. The van der Waals surface area contributed by atoms with E-state index >= 15 is 0 Å². The summed E-state index contributed by atoms with van der Waals surface area (Å²) >= 11 is 0. The van der Waals surface area contributed by atoms with Crippen LogP contribution in [0.1, 0.15) is 16.1 Å². The number of halogens is 1. The van der Waals surface area contributed by atoms with Gasteiger partial charge in [0.05, 0.1) is 11.9 Å². The molecule has 3 nitrogen and oxygen atoms in total. The summed E-state index contributed by atoms with van der Waals surface area (Å²) in [5.41, 5.74) is 2.14. The lowest BCUT2D eigenvalue weighted by Crippen LogP contribution is -2.11. The topological polar surface area (TPSA) is 34.9 Å². The van der Waals surface area contributed by atoms with E-state index in [0.29, 0.717) is 5.69 Å². The quantitative estimate of drug-likeness (QED) is 0.686. The summed E-state index contributed by atoms with van der Waals surface area (Å²) in [4.78, 5) is 12.4. The molecule has 2 aromatic carbocycles. The number of benzene rings is 2. The van der Waals surface area contributed by atoms with Gasteiger partial charge in [-0.2, -0.15) is 5.10 Å². The standard InChI is InChI=1S/C17H13FN2O/c18-14-8-6-13(7-9-14)12-17(21)16-10-11-19-20(16)15-4-2-1-3-5-15/h1-11H,12H2. The van der Waals surface area contributed by atoms with Gasteiger partial charge in [-0.25, -0.2) is 9.07 Å². The Morgan fingerprint density at radius 2 is 1.71 bits per heavy atom. The monoisotopic (exact) mass is 280 g/mol. The molecule has 0 spiro atoms. The average molecular weight is 280 g/mol. The van der Waals surface area contributed by atoms with Crippen LogP contribution in [0.5, 0.6) is 0 Å². The summed E-state index contributed by atoms with van der Waals surface area (Å²) < 4.78 is 14.5. The van der Waals surface area contributed by atoms with E-state index in [0.717, 1.165) is 11.3 Å². The lowest BCUT2D eigenvalue weighted by molar-refractivity contribution is 0.0985. The fourth-order valence-electron chi connectivity index (χ4n) is 2.17. The highest BCUT2D eigenvalue weighted by Gasteiger charge is 2.13. The highest BCUT2D eigenvalue weighted by molar-refractivity contribution is 5.96. The molecule has 0 bridgehead atoms. The molecule has 0 aliphatic rings. The minimum Gasteiger partial charge on any atom is -0.292 e. The molecule has 3 rings (SSSR count). The van der Waals surface area contributed by atoms with Gasteiger partial charge in [-0.3, -0.25) is 4.79 Å². The van der Waals surface area contributed by atoms with Crippen LogP contribution in [0.2, 0.25) is 0 Å². The van der Waals surface area contributed by atoms with Gasteiger partial charge in [0.15, 0.2) is 5.78 Å². The molecule has 3 aromatic rings. The Morgan fingerprint density at radius 1 is 1.00 bits per heavy atom. The zero-order chi connectivity index (χ0) is 14.7. The van der Waals surface area contributed by atoms with Gasteiger partial charge in [-0.05, 0) is 35.9 Å². The first kappa shape index (κ1) is 13.2. The number of carbonyl (C=O) groups excluding carboxylic acids is 1. The molecule has 0 saturated carbocycles. The molecule has 104 valence electrons. The van der Waals surface area contributed by atoms with E-state index in [-0.39, 0.29) is 18.0 Å². The average Bonchev–Trinajstić information content (AvgIpc) is 3.00. The first-order valence-electron chi connectivity index (χ1n) is 6.61.